The normalized spacial score (nSPS) is 14.2. The summed E-state index contributed by atoms with van der Waals surface area (Å²) in [5, 5.41) is 12.8. The molecule has 0 unspecified atom stereocenters. The summed E-state index contributed by atoms with van der Waals surface area (Å²) >= 11 is 1.41. The van der Waals surface area contributed by atoms with Crippen LogP contribution in [0.1, 0.15) is 44.2 Å². The highest BCUT2D eigenvalue weighted by molar-refractivity contribution is 7.99. The van der Waals surface area contributed by atoms with Gasteiger partial charge in [-0.05, 0) is 47.9 Å². The summed E-state index contributed by atoms with van der Waals surface area (Å²) < 4.78 is 12.5. The van der Waals surface area contributed by atoms with Crippen molar-refractivity contribution in [1.82, 2.24) is 25.1 Å². The lowest BCUT2D eigenvalue weighted by molar-refractivity contribution is -0.128. The summed E-state index contributed by atoms with van der Waals surface area (Å²) in [6, 6.07) is 6.08. The third-order valence-electron chi connectivity index (χ3n) is 5.01. The van der Waals surface area contributed by atoms with Crippen LogP contribution < -0.4 is 9.47 Å². The van der Waals surface area contributed by atoms with Crippen LogP contribution in [0.4, 0.5) is 0 Å². The van der Waals surface area contributed by atoms with Gasteiger partial charge < -0.3 is 14.4 Å². The Balaban J connectivity index is 1.60. The SMILES string of the molecule is CCN(Cc1ccc(OC)c(OC)c1)C(=O)CSc1nnnn1C1CCCC1. The molecular weight excluding hydrogens is 378 g/mol. The molecule has 0 spiro atoms. The number of amides is 1. The fraction of sp³-hybridized carbons (Fsp3) is 0.579. The van der Waals surface area contributed by atoms with E-state index in [4.69, 9.17) is 9.47 Å². The summed E-state index contributed by atoms with van der Waals surface area (Å²) in [6.07, 6.45) is 4.63. The fourth-order valence-corrected chi connectivity index (χ4v) is 4.30. The average Bonchev–Trinajstić information content (AvgIpc) is 3.41. The number of nitrogens with zero attached hydrogens (tertiary/aromatic N) is 5. The van der Waals surface area contributed by atoms with Crippen LogP contribution in [0.3, 0.4) is 0 Å². The molecule has 1 fully saturated rings. The van der Waals surface area contributed by atoms with Crippen LogP contribution in [0.2, 0.25) is 0 Å². The number of hydrogen-bond acceptors (Lipinski definition) is 7. The van der Waals surface area contributed by atoms with Crippen molar-refractivity contribution in [2.45, 2.75) is 50.4 Å². The number of methoxy groups -OCH3 is 2. The second-order valence-electron chi connectivity index (χ2n) is 6.73. The fourth-order valence-electron chi connectivity index (χ4n) is 3.45. The molecule has 152 valence electrons. The van der Waals surface area contributed by atoms with Crippen molar-refractivity contribution in [3.05, 3.63) is 23.8 Å². The summed E-state index contributed by atoms with van der Waals surface area (Å²) in [5.41, 5.74) is 0.994. The monoisotopic (exact) mass is 405 g/mol. The zero-order valence-electron chi connectivity index (χ0n) is 16.6. The maximum atomic E-state index is 12.8. The lowest BCUT2D eigenvalue weighted by Crippen LogP contribution is -2.31. The second kappa shape index (κ2) is 9.77. The maximum Gasteiger partial charge on any atom is 0.233 e. The molecule has 28 heavy (non-hydrogen) atoms. The first kappa shape index (κ1) is 20.4. The Morgan fingerprint density at radius 2 is 2.00 bits per heavy atom. The number of aromatic nitrogens is 4. The van der Waals surface area contributed by atoms with E-state index in [9.17, 15) is 4.79 Å². The van der Waals surface area contributed by atoms with E-state index < -0.39 is 0 Å². The van der Waals surface area contributed by atoms with E-state index in [0.717, 1.165) is 23.6 Å². The van der Waals surface area contributed by atoms with Gasteiger partial charge in [0.2, 0.25) is 11.1 Å². The molecule has 0 saturated heterocycles. The Bertz CT molecular complexity index is 792. The van der Waals surface area contributed by atoms with Crippen LogP contribution >= 0.6 is 11.8 Å². The summed E-state index contributed by atoms with van der Waals surface area (Å²) in [5.74, 6) is 1.71. The molecule has 8 nitrogen and oxygen atoms in total. The van der Waals surface area contributed by atoms with Crippen LogP contribution in [0.25, 0.3) is 0 Å². The minimum Gasteiger partial charge on any atom is -0.493 e. The van der Waals surface area contributed by atoms with Gasteiger partial charge in [0.1, 0.15) is 0 Å². The second-order valence-corrected chi connectivity index (χ2v) is 7.67. The van der Waals surface area contributed by atoms with Gasteiger partial charge in [-0.3, -0.25) is 4.79 Å². The summed E-state index contributed by atoms with van der Waals surface area (Å²) in [7, 11) is 3.21. The van der Waals surface area contributed by atoms with Crippen molar-refractivity contribution in [2.75, 3.05) is 26.5 Å². The van der Waals surface area contributed by atoms with E-state index in [-0.39, 0.29) is 5.91 Å². The van der Waals surface area contributed by atoms with E-state index >= 15 is 0 Å². The molecule has 0 radical (unpaired) electrons. The molecule has 1 aromatic carbocycles. The molecule has 1 aromatic heterocycles. The van der Waals surface area contributed by atoms with Crippen LogP contribution in [0.5, 0.6) is 11.5 Å². The molecule has 1 aliphatic carbocycles. The van der Waals surface area contributed by atoms with Crippen LogP contribution in [0.15, 0.2) is 23.4 Å². The van der Waals surface area contributed by atoms with E-state index in [0.29, 0.717) is 36.4 Å². The number of carbonyl (C=O) groups is 1. The highest BCUT2D eigenvalue weighted by Crippen LogP contribution is 2.31. The Labute approximate surface area is 169 Å². The molecule has 0 atom stereocenters. The minimum absolute atomic E-state index is 0.0586. The molecule has 0 bridgehead atoms. The third kappa shape index (κ3) is 4.76. The van der Waals surface area contributed by atoms with Gasteiger partial charge in [0.25, 0.3) is 0 Å². The molecule has 1 aliphatic rings. The average molecular weight is 406 g/mol. The van der Waals surface area contributed by atoms with Gasteiger partial charge in [-0.25, -0.2) is 4.68 Å². The number of carbonyl (C=O) groups excluding carboxylic acids is 1. The number of benzene rings is 1. The Morgan fingerprint density at radius 3 is 2.68 bits per heavy atom. The summed E-state index contributed by atoms with van der Waals surface area (Å²) in [4.78, 5) is 14.6. The van der Waals surface area contributed by atoms with Crippen molar-refractivity contribution in [2.24, 2.45) is 0 Å². The number of tetrazole rings is 1. The highest BCUT2D eigenvalue weighted by atomic mass is 32.2. The molecule has 0 N–H and O–H groups in total. The van der Waals surface area contributed by atoms with Crippen LogP contribution in [0, 0.1) is 0 Å². The third-order valence-corrected chi connectivity index (χ3v) is 5.93. The van der Waals surface area contributed by atoms with Gasteiger partial charge in [0, 0.05) is 13.1 Å². The Kier molecular flexibility index (Phi) is 7.13. The number of thioether (sulfide) groups is 1. The lowest BCUT2D eigenvalue weighted by atomic mass is 10.2. The first-order chi connectivity index (χ1) is 13.7. The van der Waals surface area contributed by atoms with E-state index in [1.807, 2.05) is 34.7 Å². The molecule has 1 heterocycles. The predicted molar refractivity (Wildman–Crippen MR) is 107 cm³/mol. The first-order valence-corrected chi connectivity index (χ1v) is 10.5. The van der Waals surface area contributed by atoms with Gasteiger partial charge in [-0.1, -0.05) is 30.7 Å². The van der Waals surface area contributed by atoms with E-state index in [1.54, 1.807) is 14.2 Å². The lowest BCUT2D eigenvalue weighted by Gasteiger charge is -2.21. The molecule has 9 heteroatoms. The van der Waals surface area contributed by atoms with Gasteiger partial charge in [0.05, 0.1) is 26.0 Å². The molecule has 1 saturated carbocycles. The van der Waals surface area contributed by atoms with Gasteiger partial charge in [0.15, 0.2) is 11.5 Å². The molecule has 3 rings (SSSR count). The van der Waals surface area contributed by atoms with Crippen molar-refractivity contribution >= 4 is 17.7 Å². The first-order valence-electron chi connectivity index (χ1n) is 9.55. The Hall–Kier alpha value is -2.29. The van der Waals surface area contributed by atoms with E-state index in [2.05, 4.69) is 15.5 Å². The number of ether oxygens (including phenoxy) is 2. The van der Waals surface area contributed by atoms with Crippen LogP contribution in [-0.4, -0.2) is 57.5 Å². The van der Waals surface area contributed by atoms with Crippen molar-refractivity contribution in [3.8, 4) is 11.5 Å². The van der Waals surface area contributed by atoms with Gasteiger partial charge >= 0.3 is 0 Å². The standard InChI is InChI=1S/C19H27N5O3S/c1-4-23(12-14-9-10-16(26-2)17(11-14)27-3)18(25)13-28-19-20-21-22-24(19)15-7-5-6-8-15/h9-11,15H,4-8,12-13H2,1-3H3. The zero-order valence-corrected chi connectivity index (χ0v) is 17.4. The summed E-state index contributed by atoms with van der Waals surface area (Å²) in [6.45, 7) is 3.12. The largest absolute Gasteiger partial charge is 0.493 e. The minimum atomic E-state index is 0.0586. The van der Waals surface area contributed by atoms with Gasteiger partial charge in [-0.15, -0.1) is 5.10 Å². The van der Waals surface area contributed by atoms with Crippen molar-refractivity contribution in [3.63, 3.8) is 0 Å². The number of hydrogen-bond donors (Lipinski definition) is 0. The topological polar surface area (TPSA) is 82.4 Å². The predicted octanol–water partition coefficient (Wildman–Crippen LogP) is 2.95. The van der Waals surface area contributed by atoms with Crippen molar-refractivity contribution in [1.29, 1.82) is 0 Å². The number of rotatable bonds is 9. The van der Waals surface area contributed by atoms with E-state index in [1.165, 1.54) is 24.6 Å². The smallest absolute Gasteiger partial charge is 0.233 e. The highest BCUT2D eigenvalue weighted by Gasteiger charge is 2.23. The molecule has 2 aromatic rings. The molecule has 0 aliphatic heterocycles. The molecule has 1 amide bonds. The van der Waals surface area contributed by atoms with Crippen LogP contribution in [-0.2, 0) is 11.3 Å². The van der Waals surface area contributed by atoms with Crippen molar-refractivity contribution < 1.29 is 14.3 Å². The Morgan fingerprint density at radius 1 is 1.25 bits per heavy atom. The van der Waals surface area contributed by atoms with Gasteiger partial charge in [-0.2, -0.15) is 0 Å². The quantitative estimate of drug-likeness (QED) is 0.593. The molecular formula is C19H27N5O3S. The maximum absolute atomic E-state index is 12.8. The zero-order chi connectivity index (χ0) is 19.9.